The molecule has 1 amide bonds. The van der Waals surface area contributed by atoms with Crippen molar-refractivity contribution < 1.29 is 4.79 Å². The van der Waals surface area contributed by atoms with Crippen LogP contribution in [0.25, 0.3) is 0 Å². The van der Waals surface area contributed by atoms with Crippen molar-refractivity contribution in [2.75, 3.05) is 0 Å². The minimum absolute atomic E-state index is 0.448. The summed E-state index contributed by atoms with van der Waals surface area (Å²) < 4.78 is 0. The maximum Gasteiger partial charge on any atom is 0.245 e. The smallest absolute Gasteiger partial charge is 0.245 e. The molecule has 2 nitrogen and oxygen atoms in total. The molecule has 0 aromatic heterocycles. The van der Waals surface area contributed by atoms with Gasteiger partial charge in [0.2, 0.25) is 5.91 Å². The molecule has 0 heterocycles. The van der Waals surface area contributed by atoms with Gasteiger partial charge in [-0.15, -0.1) is 0 Å². The van der Waals surface area contributed by atoms with E-state index in [0.29, 0.717) is 12.0 Å². The Hall–Kier alpha value is -1.28. The van der Waals surface area contributed by atoms with Gasteiger partial charge in [-0.1, -0.05) is 41.9 Å². The third-order valence-electron chi connectivity index (χ3n) is 1.97. The summed E-state index contributed by atoms with van der Waals surface area (Å²) in [5, 5.41) is 0. The summed E-state index contributed by atoms with van der Waals surface area (Å²) in [7, 11) is 0. The van der Waals surface area contributed by atoms with Crippen molar-refractivity contribution in [1.29, 1.82) is 0 Å². The first-order valence-electron chi connectivity index (χ1n) is 4.37. The van der Waals surface area contributed by atoms with Gasteiger partial charge >= 0.3 is 0 Å². The van der Waals surface area contributed by atoms with Crippen molar-refractivity contribution in [2.24, 2.45) is 5.73 Å². The molecule has 0 aliphatic carbocycles. The molecule has 0 saturated carbocycles. The molecule has 2 N–H and O–H groups in total. The predicted octanol–water partition coefficient (Wildman–Crippen LogP) is 2.23. The lowest BCUT2D eigenvalue weighted by atomic mass is 10.1. The molecule has 74 valence electrons. The summed E-state index contributed by atoms with van der Waals surface area (Å²) in [5.74, 6) is -0.448. The molecule has 0 fully saturated rings. The highest BCUT2D eigenvalue weighted by Gasteiger charge is 2.03. The van der Waals surface area contributed by atoms with E-state index in [1.165, 1.54) is 11.1 Å². The number of rotatable bonds is 4. The van der Waals surface area contributed by atoms with Crippen molar-refractivity contribution in [1.82, 2.24) is 0 Å². The third kappa shape index (κ3) is 3.23. The molecule has 0 bridgehead atoms. The summed E-state index contributed by atoms with van der Waals surface area (Å²) in [6.07, 6.45) is 1.37. The summed E-state index contributed by atoms with van der Waals surface area (Å²) in [6.45, 7) is 0. The van der Waals surface area contributed by atoms with Gasteiger partial charge in [-0.05, 0) is 18.4 Å². The van der Waals surface area contributed by atoms with Gasteiger partial charge in [0.1, 0.15) is 0 Å². The SMILES string of the molecule is NC(=O)C(=CCl)CCc1ccccc1. The molecular formula is C11H12ClNO. The minimum atomic E-state index is -0.448. The fourth-order valence-electron chi connectivity index (χ4n) is 1.16. The van der Waals surface area contributed by atoms with Crippen molar-refractivity contribution >= 4 is 17.5 Å². The second-order valence-corrected chi connectivity index (χ2v) is 3.20. The van der Waals surface area contributed by atoms with Crippen LogP contribution < -0.4 is 5.73 Å². The molecule has 0 spiro atoms. The Kier molecular flexibility index (Phi) is 4.20. The number of halogens is 1. The quantitative estimate of drug-likeness (QED) is 0.760. The zero-order valence-corrected chi connectivity index (χ0v) is 8.50. The summed E-state index contributed by atoms with van der Waals surface area (Å²) in [6, 6.07) is 9.89. The first-order valence-corrected chi connectivity index (χ1v) is 4.80. The van der Waals surface area contributed by atoms with E-state index in [1.807, 2.05) is 30.3 Å². The Bertz CT molecular complexity index is 332. The first-order chi connectivity index (χ1) is 6.74. The van der Waals surface area contributed by atoms with E-state index in [2.05, 4.69) is 0 Å². The van der Waals surface area contributed by atoms with Crippen molar-refractivity contribution in [3.8, 4) is 0 Å². The normalized spacial score (nSPS) is 11.4. The van der Waals surface area contributed by atoms with E-state index in [0.717, 1.165) is 6.42 Å². The van der Waals surface area contributed by atoms with Gasteiger partial charge in [-0.25, -0.2) is 0 Å². The summed E-state index contributed by atoms with van der Waals surface area (Å²) in [4.78, 5) is 10.8. The van der Waals surface area contributed by atoms with Gasteiger partial charge in [0.05, 0.1) is 0 Å². The van der Waals surface area contributed by atoms with E-state index in [9.17, 15) is 4.79 Å². The molecule has 1 rings (SSSR count). The van der Waals surface area contributed by atoms with Crippen LogP contribution in [-0.2, 0) is 11.2 Å². The average molecular weight is 210 g/mol. The minimum Gasteiger partial charge on any atom is -0.366 e. The van der Waals surface area contributed by atoms with E-state index in [1.54, 1.807) is 0 Å². The maximum absolute atomic E-state index is 10.8. The zero-order valence-electron chi connectivity index (χ0n) is 7.74. The number of nitrogens with two attached hydrogens (primary N) is 1. The van der Waals surface area contributed by atoms with Crippen LogP contribution in [0.4, 0.5) is 0 Å². The van der Waals surface area contributed by atoms with Crippen LogP contribution in [-0.4, -0.2) is 5.91 Å². The largest absolute Gasteiger partial charge is 0.366 e. The van der Waals surface area contributed by atoms with Gasteiger partial charge in [0.25, 0.3) is 0 Å². The van der Waals surface area contributed by atoms with E-state index in [-0.39, 0.29) is 0 Å². The highest BCUT2D eigenvalue weighted by Crippen LogP contribution is 2.09. The number of amides is 1. The number of benzene rings is 1. The molecular weight excluding hydrogens is 198 g/mol. The number of aryl methyl sites for hydroxylation is 1. The van der Waals surface area contributed by atoms with Gasteiger partial charge < -0.3 is 5.73 Å². The molecule has 0 radical (unpaired) electrons. The predicted molar refractivity (Wildman–Crippen MR) is 57.9 cm³/mol. The fraction of sp³-hybridized carbons (Fsp3) is 0.182. The van der Waals surface area contributed by atoms with Crippen LogP contribution in [0.15, 0.2) is 41.4 Å². The topological polar surface area (TPSA) is 43.1 Å². The molecule has 0 aliphatic rings. The molecule has 0 aliphatic heterocycles. The van der Waals surface area contributed by atoms with E-state index >= 15 is 0 Å². The van der Waals surface area contributed by atoms with Crippen LogP contribution >= 0.6 is 11.6 Å². The molecule has 14 heavy (non-hydrogen) atoms. The first kappa shape index (κ1) is 10.8. The van der Waals surface area contributed by atoms with Gasteiger partial charge in [-0.2, -0.15) is 0 Å². The number of primary amides is 1. The maximum atomic E-state index is 10.8. The number of hydrogen-bond acceptors (Lipinski definition) is 1. The Balaban J connectivity index is 2.53. The average Bonchev–Trinajstić information content (AvgIpc) is 2.20. The van der Waals surface area contributed by atoms with Crippen molar-refractivity contribution in [3.05, 3.63) is 47.0 Å². The molecule has 3 heteroatoms. The molecule has 1 aromatic rings. The Morgan fingerprint density at radius 3 is 2.50 bits per heavy atom. The Morgan fingerprint density at radius 2 is 2.00 bits per heavy atom. The van der Waals surface area contributed by atoms with Crippen LogP contribution in [0.5, 0.6) is 0 Å². The van der Waals surface area contributed by atoms with E-state index < -0.39 is 5.91 Å². The van der Waals surface area contributed by atoms with Gasteiger partial charge in [0, 0.05) is 11.1 Å². The highest BCUT2D eigenvalue weighted by molar-refractivity contribution is 6.27. The summed E-state index contributed by atoms with van der Waals surface area (Å²) >= 11 is 5.47. The molecule has 1 aromatic carbocycles. The van der Waals surface area contributed by atoms with Crippen molar-refractivity contribution in [3.63, 3.8) is 0 Å². The second kappa shape index (κ2) is 5.45. The zero-order chi connectivity index (χ0) is 10.4. The Labute approximate surface area is 88.4 Å². The lowest BCUT2D eigenvalue weighted by molar-refractivity contribution is -0.114. The highest BCUT2D eigenvalue weighted by atomic mass is 35.5. The fourth-order valence-corrected chi connectivity index (χ4v) is 1.37. The molecule has 0 saturated heterocycles. The summed E-state index contributed by atoms with van der Waals surface area (Å²) in [5.41, 5.74) is 8.01. The molecule has 0 atom stereocenters. The van der Waals surface area contributed by atoms with E-state index in [4.69, 9.17) is 17.3 Å². The number of carbonyl (C=O) groups excluding carboxylic acids is 1. The number of carbonyl (C=O) groups is 1. The molecule has 0 unspecified atom stereocenters. The van der Waals surface area contributed by atoms with Crippen molar-refractivity contribution in [2.45, 2.75) is 12.8 Å². The standard InChI is InChI=1S/C11H12ClNO/c12-8-10(11(13)14)7-6-9-4-2-1-3-5-9/h1-5,8H,6-7H2,(H2,13,14). The van der Waals surface area contributed by atoms with Crippen LogP contribution in [0.1, 0.15) is 12.0 Å². The third-order valence-corrected chi connectivity index (χ3v) is 2.24. The number of hydrogen-bond donors (Lipinski definition) is 1. The monoisotopic (exact) mass is 209 g/mol. The van der Waals surface area contributed by atoms with Gasteiger partial charge in [-0.3, -0.25) is 4.79 Å². The van der Waals surface area contributed by atoms with Crippen LogP contribution in [0.3, 0.4) is 0 Å². The Morgan fingerprint density at radius 1 is 1.36 bits per heavy atom. The van der Waals surface area contributed by atoms with Gasteiger partial charge in [0.15, 0.2) is 0 Å². The van der Waals surface area contributed by atoms with Crippen LogP contribution in [0.2, 0.25) is 0 Å². The van der Waals surface area contributed by atoms with Crippen LogP contribution in [0, 0.1) is 0 Å². The lowest BCUT2D eigenvalue weighted by Crippen LogP contribution is -2.14. The lowest BCUT2D eigenvalue weighted by Gasteiger charge is -2.01. The second-order valence-electron chi connectivity index (χ2n) is 2.98.